The fourth-order valence-corrected chi connectivity index (χ4v) is 3.23. The second-order valence-corrected chi connectivity index (χ2v) is 6.49. The first-order valence-corrected chi connectivity index (χ1v) is 8.49. The lowest BCUT2D eigenvalue weighted by Crippen LogP contribution is -2.55. The fraction of sp³-hybridized carbons (Fsp3) is 0.316. The number of ether oxygens (including phenoxy) is 1. The number of benzene rings is 2. The zero-order valence-corrected chi connectivity index (χ0v) is 14.6. The summed E-state index contributed by atoms with van der Waals surface area (Å²) in [5.41, 5.74) is 1.26. The first-order chi connectivity index (χ1) is 12.5. The topological polar surface area (TPSA) is 84.7 Å². The Morgan fingerprint density at radius 3 is 2.58 bits per heavy atom. The van der Waals surface area contributed by atoms with Crippen LogP contribution in [-0.4, -0.2) is 23.2 Å². The normalized spacial score (nSPS) is 19.2. The van der Waals surface area contributed by atoms with Crippen molar-refractivity contribution < 1.29 is 14.5 Å². The molecule has 26 heavy (non-hydrogen) atoms. The summed E-state index contributed by atoms with van der Waals surface area (Å²) in [5, 5.41) is 13.6. The minimum absolute atomic E-state index is 0.00942. The number of hydrogen-bond acceptors (Lipinski definition) is 5. The molecule has 2 aromatic carbocycles. The van der Waals surface area contributed by atoms with E-state index in [9.17, 15) is 14.9 Å². The molecule has 1 unspecified atom stereocenters. The first kappa shape index (κ1) is 17.7. The van der Waals surface area contributed by atoms with Gasteiger partial charge in [0.1, 0.15) is 12.3 Å². The number of carbonyl (C=O) groups is 1. The molecule has 0 saturated carbocycles. The molecule has 0 spiro atoms. The van der Waals surface area contributed by atoms with Gasteiger partial charge in [-0.3, -0.25) is 15.4 Å². The molecular weight excluding hydrogens is 334 g/mol. The van der Waals surface area contributed by atoms with Gasteiger partial charge >= 0.3 is 6.09 Å². The number of para-hydroxylation sites is 1. The number of nitrogens with one attached hydrogen (secondary N) is 1. The Kier molecular flexibility index (Phi) is 5.06. The van der Waals surface area contributed by atoms with Crippen molar-refractivity contribution in [1.82, 2.24) is 5.32 Å². The van der Waals surface area contributed by atoms with Crippen LogP contribution in [0.3, 0.4) is 0 Å². The summed E-state index contributed by atoms with van der Waals surface area (Å²) in [4.78, 5) is 24.6. The minimum Gasteiger partial charge on any atom is -0.445 e. The van der Waals surface area contributed by atoms with Crippen LogP contribution in [0.15, 0.2) is 54.6 Å². The van der Waals surface area contributed by atoms with Crippen molar-refractivity contribution in [2.24, 2.45) is 0 Å². The van der Waals surface area contributed by atoms with Gasteiger partial charge in [0.25, 0.3) is 5.69 Å². The van der Waals surface area contributed by atoms with Gasteiger partial charge in [-0.25, -0.2) is 4.79 Å². The molecule has 1 fully saturated rings. The van der Waals surface area contributed by atoms with Gasteiger partial charge in [0.05, 0.1) is 4.92 Å². The van der Waals surface area contributed by atoms with E-state index in [1.165, 1.54) is 12.1 Å². The Morgan fingerprint density at radius 1 is 1.23 bits per heavy atom. The number of non-ortho nitro benzene ring substituents is 1. The van der Waals surface area contributed by atoms with Crippen molar-refractivity contribution in [1.29, 1.82) is 0 Å². The van der Waals surface area contributed by atoms with E-state index in [2.05, 4.69) is 10.2 Å². The number of anilines is 1. The monoisotopic (exact) mass is 355 g/mol. The predicted octanol–water partition coefficient (Wildman–Crippen LogP) is 3.84. The number of nitro groups is 1. The van der Waals surface area contributed by atoms with E-state index in [1.807, 2.05) is 37.3 Å². The van der Waals surface area contributed by atoms with E-state index in [-0.39, 0.29) is 12.3 Å². The van der Waals surface area contributed by atoms with E-state index in [1.54, 1.807) is 12.1 Å². The third-order valence-electron chi connectivity index (χ3n) is 4.60. The molecule has 2 aromatic rings. The van der Waals surface area contributed by atoms with E-state index in [4.69, 9.17) is 4.74 Å². The van der Waals surface area contributed by atoms with E-state index >= 15 is 0 Å². The Balaban J connectivity index is 1.59. The molecular formula is C19H21N3O4. The fourth-order valence-electron chi connectivity index (χ4n) is 3.23. The van der Waals surface area contributed by atoms with Gasteiger partial charge in [-0.05, 0) is 49.6 Å². The van der Waals surface area contributed by atoms with Crippen LogP contribution in [0.2, 0.25) is 0 Å². The van der Waals surface area contributed by atoms with Crippen LogP contribution >= 0.6 is 0 Å². The van der Waals surface area contributed by atoms with Gasteiger partial charge < -0.3 is 9.64 Å². The van der Waals surface area contributed by atoms with Gasteiger partial charge in [-0.15, -0.1) is 0 Å². The molecule has 1 atom stereocenters. The molecule has 0 radical (unpaired) electrons. The number of hydrogen-bond donors (Lipinski definition) is 1. The highest BCUT2D eigenvalue weighted by atomic mass is 16.6. The third kappa shape index (κ3) is 3.93. The Morgan fingerprint density at radius 2 is 1.92 bits per heavy atom. The van der Waals surface area contributed by atoms with Gasteiger partial charge in [-0.1, -0.05) is 18.2 Å². The molecule has 3 rings (SSSR count). The maximum Gasteiger partial charge on any atom is 0.409 e. The van der Waals surface area contributed by atoms with Gasteiger partial charge in [0.15, 0.2) is 0 Å². The maximum atomic E-state index is 12.3. The highest BCUT2D eigenvalue weighted by molar-refractivity contribution is 5.69. The Labute approximate surface area is 151 Å². The molecule has 1 aliphatic heterocycles. The molecule has 0 bridgehead atoms. The van der Waals surface area contributed by atoms with Crippen LogP contribution in [0.25, 0.3) is 0 Å². The summed E-state index contributed by atoms with van der Waals surface area (Å²) in [7, 11) is 0. The summed E-state index contributed by atoms with van der Waals surface area (Å²) in [6.07, 6.45) is 1.30. The Bertz CT molecular complexity index is 779. The first-order valence-electron chi connectivity index (χ1n) is 8.49. The molecule has 1 saturated heterocycles. The Hall–Kier alpha value is -3.09. The van der Waals surface area contributed by atoms with Crippen molar-refractivity contribution in [2.75, 3.05) is 11.4 Å². The summed E-state index contributed by atoms with van der Waals surface area (Å²) in [6.45, 7) is 2.91. The number of amides is 1. The van der Waals surface area contributed by atoms with Crippen LogP contribution in [0.1, 0.15) is 25.3 Å². The summed E-state index contributed by atoms with van der Waals surface area (Å²) in [5.74, 6) is 0. The lowest BCUT2D eigenvalue weighted by atomic mass is 10.1. The quantitative estimate of drug-likeness (QED) is 0.651. The highest BCUT2D eigenvalue weighted by Crippen LogP contribution is 2.32. The summed E-state index contributed by atoms with van der Waals surface area (Å²) < 4.78 is 5.29. The second kappa shape index (κ2) is 7.43. The number of nitrogens with zero attached hydrogens (tertiary/aromatic N) is 2. The van der Waals surface area contributed by atoms with E-state index < -0.39 is 16.7 Å². The maximum absolute atomic E-state index is 12.3. The molecule has 0 aliphatic carbocycles. The lowest BCUT2D eigenvalue weighted by molar-refractivity contribution is -0.384. The SMILES string of the molecule is CC1(NC(=O)OCc2ccc([N+](=O)[O-])cc2)CCCN1c1ccccc1. The van der Waals surface area contributed by atoms with Crippen molar-refractivity contribution in [2.45, 2.75) is 32.0 Å². The van der Waals surface area contributed by atoms with Crippen molar-refractivity contribution in [3.63, 3.8) is 0 Å². The lowest BCUT2D eigenvalue weighted by Gasteiger charge is -2.37. The molecule has 1 heterocycles. The van der Waals surface area contributed by atoms with Crippen LogP contribution in [0.4, 0.5) is 16.2 Å². The summed E-state index contributed by atoms with van der Waals surface area (Å²) >= 11 is 0. The third-order valence-corrected chi connectivity index (χ3v) is 4.60. The van der Waals surface area contributed by atoms with E-state index in [0.29, 0.717) is 5.56 Å². The number of alkyl carbamates (subject to hydrolysis) is 1. The molecule has 7 heteroatoms. The van der Waals surface area contributed by atoms with Crippen LogP contribution in [-0.2, 0) is 11.3 Å². The average molecular weight is 355 g/mol. The smallest absolute Gasteiger partial charge is 0.409 e. The van der Waals surface area contributed by atoms with Crippen molar-refractivity contribution >= 4 is 17.5 Å². The van der Waals surface area contributed by atoms with Gasteiger partial charge in [0.2, 0.25) is 0 Å². The standard InChI is InChI=1S/C19H21N3O4/c1-19(12-5-13-21(19)16-6-3-2-4-7-16)20-18(23)26-14-15-8-10-17(11-9-15)22(24)25/h2-4,6-11H,5,12-14H2,1H3,(H,20,23). The van der Waals surface area contributed by atoms with Crippen molar-refractivity contribution in [3.8, 4) is 0 Å². The number of carbonyl (C=O) groups excluding carboxylic acids is 1. The molecule has 136 valence electrons. The van der Waals surface area contributed by atoms with Crippen LogP contribution in [0.5, 0.6) is 0 Å². The molecule has 0 aromatic heterocycles. The van der Waals surface area contributed by atoms with Crippen molar-refractivity contribution in [3.05, 3.63) is 70.3 Å². The van der Waals surface area contributed by atoms with Gasteiger partial charge in [-0.2, -0.15) is 0 Å². The molecule has 1 aliphatic rings. The average Bonchev–Trinajstić information content (AvgIpc) is 3.02. The largest absolute Gasteiger partial charge is 0.445 e. The molecule has 1 N–H and O–H groups in total. The zero-order chi connectivity index (χ0) is 18.6. The minimum atomic E-state index is -0.506. The van der Waals surface area contributed by atoms with Crippen LogP contribution in [0, 0.1) is 10.1 Å². The van der Waals surface area contributed by atoms with Gasteiger partial charge in [0, 0.05) is 24.4 Å². The second-order valence-electron chi connectivity index (χ2n) is 6.49. The molecule has 1 amide bonds. The van der Waals surface area contributed by atoms with E-state index in [0.717, 1.165) is 25.1 Å². The molecule has 7 nitrogen and oxygen atoms in total. The highest BCUT2D eigenvalue weighted by Gasteiger charge is 2.38. The zero-order valence-electron chi connectivity index (χ0n) is 14.6. The predicted molar refractivity (Wildman–Crippen MR) is 97.8 cm³/mol. The van der Waals surface area contributed by atoms with Crippen LogP contribution < -0.4 is 10.2 Å². The number of nitro benzene ring substituents is 1. The summed E-state index contributed by atoms with van der Waals surface area (Å²) in [6, 6.07) is 15.9. The number of rotatable bonds is 5.